The lowest BCUT2D eigenvalue weighted by molar-refractivity contribution is -0.121. The highest BCUT2D eigenvalue weighted by molar-refractivity contribution is 6.07. The van der Waals surface area contributed by atoms with E-state index in [4.69, 9.17) is 4.74 Å². The van der Waals surface area contributed by atoms with Gasteiger partial charge in [-0.1, -0.05) is 12.1 Å². The quantitative estimate of drug-likeness (QED) is 0.912. The molecule has 2 aliphatic rings. The summed E-state index contributed by atoms with van der Waals surface area (Å²) in [4.78, 5) is 17.0. The monoisotopic (exact) mass is 323 g/mol. The highest BCUT2D eigenvalue weighted by Crippen LogP contribution is 2.45. The first kappa shape index (κ1) is 15.1. The maximum atomic E-state index is 12.6. The molecule has 1 fully saturated rings. The molecule has 1 aromatic carbocycles. The van der Waals surface area contributed by atoms with Gasteiger partial charge in [-0.15, -0.1) is 0 Å². The van der Waals surface area contributed by atoms with E-state index >= 15 is 0 Å². The van der Waals surface area contributed by atoms with Gasteiger partial charge in [-0.25, -0.2) is 4.98 Å². The van der Waals surface area contributed by atoms with Crippen molar-refractivity contribution in [3.63, 3.8) is 0 Å². The number of hydrogen-bond donors (Lipinski definition) is 2. The zero-order valence-electron chi connectivity index (χ0n) is 13.8. The number of ether oxygens (including phenoxy) is 1. The molecule has 1 saturated heterocycles. The number of nitrogens with zero attached hydrogens (tertiary/aromatic N) is 1. The van der Waals surface area contributed by atoms with E-state index in [1.54, 1.807) is 6.20 Å². The molecule has 124 valence electrons. The van der Waals surface area contributed by atoms with Gasteiger partial charge in [0.15, 0.2) is 0 Å². The number of anilines is 1. The van der Waals surface area contributed by atoms with Gasteiger partial charge in [-0.05, 0) is 62.2 Å². The Hall–Kier alpha value is -2.40. The summed E-state index contributed by atoms with van der Waals surface area (Å²) in [5.74, 6) is 0.758. The zero-order valence-corrected chi connectivity index (χ0v) is 13.8. The van der Waals surface area contributed by atoms with E-state index in [1.165, 1.54) is 0 Å². The normalized spacial score (nSPS) is 18.3. The number of amides is 1. The first-order valence-corrected chi connectivity index (χ1v) is 8.49. The van der Waals surface area contributed by atoms with E-state index in [2.05, 4.69) is 27.8 Å². The van der Waals surface area contributed by atoms with Gasteiger partial charge in [0.2, 0.25) is 11.8 Å². The Morgan fingerprint density at radius 3 is 2.88 bits per heavy atom. The van der Waals surface area contributed by atoms with Crippen molar-refractivity contribution in [2.75, 3.05) is 25.0 Å². The van der Waals surface area contributed by atoms with Crippen LogP contribution in [0.1, 0.15) is 25.3 Å². The molecule has 0 radical (unpaired) electrons. The van der Waals surface area contributed by atoms with Crippen molar-refractivity contribution in [1.29, 1.82) is 0 Å². The molecule has 0 unspecified atom stereocenters. The molecule has 1 aromatic heterocycles. The molecule has 4 rings (SSSR count). The standard InChI is InChI=1S/C19H21N3O2/c1-2-24-17-14(4-3-9-21-17)13-5-6-15-16(12-13)22-18(23)19(15)7-10-20-11-8-19/h3-6,9,12,20H,2,7-8,10-11H2,1H3,(H,22,23). The smallest absolute Gasteiger partial charge is 0.235 e. The number of fused-ring (bicyclic) bond motifs is 2. The number of carbonyl (C=O) groups is 1. The average molecular weight is 323 g/mol. The van der Waals surface area contributed by atoms with E-state index < -0.39 is 0 Å². The summed E-state index contributed by atoms with van der Waals surface area (Å²) in [5, 5.41) is 6.43. The highest BCUT2D eigenvalue weighted by Gasteiger charge is 2.47. The van der Waals surface area contributed by atoms with Crippen molar-refractivity contribution in [3.8, 4) is 17.0 Å². The Kier molecular flexibility index (Phi) is 3.73. The molecule has 1 amide bonds. The molecule has 0 bridgehead atoms. The van der Waals surface area contributed by atoms with Crippen LogP contribution in [0.2, 0.25) is 0 Å². The lowest BCUT2D eigenvalue weighted by Crippen LogP contribution is -2.44. The van der Waals surface area contributed by atoms with E-state index in [-0.39, 0.29) is 11.3 Å². The maximum Gasteiger partial charge on any atom is 0.235 e. The number of pyridine rings is 1. The third kappa shape index (κ3) is 2.27. The number of rotatable bonds is 3. The maximum absolute atomic E-state index is 12.6. The predicted octanol–water partition coefficient (Wildman–Crippen LogP) is 2.72. The number of benzene rings is 1. The lowest BCUT2D eigenvalue weighted by Gasteiger charge is -2.32. The van der Waals surface area contributed by atoms with Crippen LogP contribution in [0.5, 0.6) is 5.88 Å². The molecule has 0 aliphatic carbocycles. The molecule has 24 heavy (non-hydrogen) atoms. The molecule has 5 heteroatoms. The van der Waals surface area contributed by atoms with Crippen LogP contribution < -0.4 is 15.4 Å². The highest BCUT2D eigenvalue weighted by atomic mass is 16.5. The Bertz CT molecular complexity index is 782. The molecule has 2 N–H and O–H groups in total. The minimum atomic E-state index is -0.364. The molecule has 1 spiro atoms. The fourth-order valence-electron chi connectivity index (χ4n) is 3.81. The summed E-state index contributed by atoms with van der Waals surface area (Å²) in [5.41, 5.74) is 3.64. The van der Waals surface area contributed by atoms with Gasteiger partial charge < -0.3 is 15.4 Å². The summed E-state index contributed by atoms with van der Waals surface area (Å²) in [7, 11) is 0. The Labute approximate surface area is 141 Å². The Morgan fingerprint density at radius 1 is 1.25 bits per heavy atom. The summed E-state index contributed by atoms with van der Waals surface area (Å²) in [6.07, 6.45) is 3.43. The van der Waals surface area contributed by atoms with E-state index in [0.29, 0.717) is 12.5 Å². The van der Waals surface area contributed by atoms with Crippen LogP contribution in [0.4, 0.5) is 5.69 Å². The molecular formula is C19H21N3O2. The van der Waals surface area contributed by atoms with Crippen molar-refractivity contribution < 1.29 is 9.53 Å². The van der Waals surface area contributed by atoms with Crippen LogP contribution in [0, 0.1) is 0 Å². The molecule has 0 atom stereocenters. The first-order chi connectivity index (χ1) is 11.7. The SMILES string of the molecule is CCOc1ncccc1-c1ccc2c(c1)NC(=O)C21CCNCC1. The largest absolute Gasteiger partial charge is 0.478 e. The second-order valence-electron chi connectivity index (χ2n) is 6.34. The van der Waals surface area contributed by atoms with E-state index in [9.17, 15) is 4.79 Å². The Balaban J connectivity index is 1.76. The van der Waals surface area contributed by atoms with Crippen LogP contribution >= 0.6 is 0 Å². The summed E-state index contributed by atoms with van der Waals surface area (Å²) < 4.78 is 5.63. The fraction of sp³-hybridized carbons (Fsp3) is 0.368. The number of piperidine rings is 1. The average Bonchev–Trinajstić information content (AvgIpc) is 2.87. The zero-order chi connectivity index (χ0) is 16.6. The molecule has 5 nitrogen and oxygen atoms in total. The van der Waals surface area contributed by atoms with Crippen molar-refractivity contribution in [2.24, 2.45) is 0 Å². The van der Waals surface area contributed by atoms with Gasteiger partial charge in [0.1, 0.15) is 0 Å². The predicted molar refractivity (Wildman–Crippen MR) is 93.3 cm³/mol. The topological polar surface area (TPSA) is 63.2 Å². The van der Waals surface area contributed by atoms with Crippen LogP contribution in [0.25, 0.3) is 11.1 Å². The molecule has 0 saturated carbocycles. The van der Waals surface area contributed by atoms with Crippen molar-refractivity contribution in [3.05, 3.63) is 42.1 Å². The third-order valence-corrected chi connectivity index (χ3v) is 5.04. The second-order valence-corrected chi connectivity index (χ2v) is 6.34. The second kappa shape index (κ2) is 5.91. The van der Waals surface area contributed by atoms with Crippen molar-refractivity contribution >= 4 is 11.6 Å². The molecule has 3 heterocycles. The summed E-state index contributed by atoms with van der Waals surface area (Å²) >= 11 is 0. The third-order valence-electron chi connectivity index (χ3n) is 5.04. The van der Waals surface area contributed by atoms with Crippen LogP contribution in [0.3, 0.4) is 0 Å². The van der Waals surface area contributed by atoms with Gasteiger partial charge in [0, 0.05) is 17.4 Å². The Morgan fingerprint density at radius 2 is 2.08 bits per heavy atom. The molecule has 2 aliphatic heterocycles. The minimum absolute atomic E-state index is 0.132. The number of aromatic nitrogens is 1. The van der Waals surface area contributed by atoms with Crippen molar-refractivity contribution in [1.82, 2.24) is 10.3 Å². The van der Waals surface area contributed by atoms with E-state index in [0.717, 1.165) is 48.3 Å². The fourth-order valence-corrected chi connectivity index (χ4v) is 3.81. The van der Waals surface area contributed by atoms with Gasteiger partial charge in [0.25, 0.3) is 0 Å². The lowest BCUT2D eigenvalue weighted by atomic mass is 9.74. The van der Waals surface area contributed by atoms with Gasteiger partial charge in [-0.2, -0.15) is 0 Å². The van der Waals surface area contributed by atoms with Crippen LogP contribution in [0.15, 0.2) is 36.5 Å². The van der Waals surface area contributed by atoms with E-state index in [1.807, 2.05) is 25.1 Å². The summed E-state index contributed by atoms with van der Waals surface area (Å²) in [6, 6.07) is 10.1. The minimum Gasteiger partial charge on any atom is -0.478 e. The molecular weight excluding hydrogens is 302 g/mol. The number of carbonyl (C=O) groups excluding carboxylic acids is 1. The first-order valence-electron chi connectivity index (χ1n) is 8.49. The summed E-state index contributed by atoms with van der Waals surface area (Å²) in [6.45, 7) is 4.28. The molecule has 2 aromatic rings. The van der Waals surface area contributed by atoms with Gasteiger partial charge >= 0.3 is 0 Å². The van der Waals surface area contributed by atoms with Gasteiger partial charge in [-0.3, -0.25) is 4.79 Å². The number of nitrogens with one attached hydrogen (secondary N) is 2. The van der Waals surface area contributed by atoms with Crippen molar-refractivity contribution in [2.45, 2.75) is 25.2 Å². The number of hydrogen-bond acceptors (Lipinski definition) is 4. The van der Waals surface area contributed by atoms with Crippen LogP contribution in [-0.2, 0) is 10.2 Å². The van der Waals surface area contributed by atoms with Crippen LogP contribution in [-0.4, -0.2) is 30.6 Å². The van der Waals surface area contributed by atoms with Gasteiger partial charge in [0.05, 0.1) is 12.0 Å².